The maximum absolute atomic E-state index is 5.21. The molecular formula is C16H18N2S. The predicted octanol–water partition coefficient (Wildman–Crippen LogP) is 4.02. The second kappa shape index (κ2) is 6.90. The first-order valence-electron chi connectivity index (χ1n) is 6.40. The van der Waals surface area contributed by atoms with Crippen molar-refractivity contribution in [3.05, 3.63) is 58.4 Å². The summed E-state index contributed by atoms with van der Waals surface area (Å²) in [6, 6.07) is 12.8. The van der Waals surface area contributed by atoms with Gasteiger partial charge in [-0.05, 0) is 23.6 Å². The van der Waals surface area contributed by atoms with Crippen LogP contribution in [0.3, 0.4) is 0 Å². The molecule has 0 fully saturated rings. The number of rotatable bonds is 5. The summed E-state index contributed by atoms with van der Waals surface area (Å²) in [5, 5.41) is 0. The molecule has 2 rings (SSSR count). The van der Waals surface area contributed by atoms with Crippen LogP contribution in [0, 0.1) is 0 Å². The Labute approximate surface area is 118 Å². The lowest BCUT2D eigenvalue weighted by atomic mass is 10.0. The highest BCUT2D eigenvalue weighted by Crippen LogP contribution is 2.32. The molecule has 0 aliphatic heterocycles. The van der Waals surface area contributed by atoms with Crippen molar-refractivity contribution >= 4 is 17.7 Å². The zero-order valence-electron chi connectivity index (χ0n) is 11.0. The fourth-order valence-electron chi connectivity index (χ4n) is 1.94. The number of allylic oxidation sites excluding steroid dienone is 1. The lowest BCUT2D eigenvalue weighted by Gasteiger charge is -2.01. The molecule has 19 heavy (non-hydrogen) atoms. The van der Waals surface area contributed by atoms with Crippen LogP contribution in [0.2, 0.25) is 0 Å². The number of aryl methyl sites for hydroxylation is 1. The molecule has 0 saturated heterocycles. The molecule has 1 heterocycles. The number of hydrogen-bond acceptors (Lipinski definition) is 2. The van der Waals surface area contributed by atoms with Crippen LogP contribution in [0.4, 0.5) is 0 Å². The lowest BCUT2D eigenvalue weighted by Crippen LogP contribution is -1.85. The zero-order valence-corrected chi connectivity index (χ0v) is 11.9. The minimum atomic E-state index is 0.895. The molecule has 0 unspecified atom stereocenters. The average Bonchev–Trinajstić information content (AvgIpc) is 2.88. The Hall–Kier alpha value is -1.87. The molecule has 0 radical (unpaired) electrons. The van der Waals surface area contributed by atoms with Crippen LogP contribution in [-0.4, -0.2) is 6.34 Å². The second-order valence-corrected chi connectivity index (χ2v) is 5.38. The van der Waals surface area contributed by atoms with Gasteiger partial charge < -0.3 is 5.73 Å². The van der Waals surface area contributed by atoms with Crippen molar-refractivity contribution in [3.8, 4) is 11.1 Å². The first-order valence-corrected chi connectivity index (χ1v) is 7.22. The van der Waals surface area contributed by atoms with Gasteiger partial charge in [-0.1, -0.05) is 43.3 Å². The van der Waals surface area contributed by atoms with Crippen molar-refractivity contribution in [3.63, 3.8) is 0 Å². The molecule has 1 aromatic carbocycles. The standard InChI is InChI=1S/C16H18N2S/c1-2-14-11-15(13-7-4-3-5-8-13)16(19-14)9-6-10-18-12-17/h3-8,10-12H,2,9H2,1H3,(H2,17,18)/b10-6-. The van der Waals surface area contributed by atoms with Gasteiger partial charge in [0.05, 0.1) is 6.34 Å². The van der Waals surface area contributed by atoms with E-state index in [4.69, 9.17) is 5.73 Å². The molecular weight excluding hydrogens is 252 g/mol. The fourth-order valence-corrected chi connectivity index (χ4v) is 3.05. The fraction of sp³-hybridized carbons (Fsp3) is 0.188. The molecule has 0 aliphatic rings. The summed E-state index contributed by atoms with van der Waals surface area (Å²) in [5.41, 5.74) is 7.83. The summed E-state index contributed by atoms with van der Waals surface area (Å²) in [6.45, 7) is 2.19. The van der Waals surface area contributed by atoms with Crippen molar-refractivity contribution in [2.75, 3.05) is 0 Å². The third-order valence-electron chi connectivity index (χ3n) is 2.87. The Morgan fingerprint density at radius 3 is 2.74 bits per heavy atom. The van der Waals surface area contributed by atoms with Gasteiger partial charge in [-0.2, -0.15) is 0 Å². The average molecular weight is 270 g/mol. The monoisotopic (exact) mass is 270 g/mol. The highest BCUT2D eigenvalue weighted by atomic mass is 32.1. The third-order valence-corrected chi connectivity index (χ3v) is 4.18. The Kier molecular flexibility index (Phi) is 4.93. The van der Waals surface area contributed by atoms with Gasteiger partial charge in [0.2, 0.25) is 0 Å². The number of aliphatic imine (C=N–C) groups is 1. The summed E-state index contributed by atoms with van der Waals surface area (Å²) >= 11 is 1.88. The molecule has 2 aromatic rings. The number of hydrogen-bond donors (Lipinski definition) is 1. The van der Waals surface area contributed by atoms with Gasteiger partial charge in [0, 0.05) is 22.4 Å². The summed E-state index contributed by atoms with van der Waals surface area (Å²) in [7, 11) is 0. The van der Waals surface area contributed by atoms with Gasteiger partial charge in [-0.15, -0.1) is 11.3 Å². The van der Waals surface area contributed by atoms with Crippen LogP contribution in [0.5, 0.6) is 0 Å². The van der Waals surface area contributed by atoms with Crippen molar-refractivity contribution < 1.29 is 0 Å². The Bertz CT molecular complexity index is 568. The largest absolute Gasteiger partial charge is 0.390 e. The van der Waals surface area contributed by atoms with E-state index < -0.39 is 0 Å². The maximum atomic E-state index is 5.21. The quantitative estimate of drug-likeness (QED) is 0.646. The van der Waals surface area contributed by atoms with Crippen LogP contribution in [0.15, 0.2) is 53.7 Å². The van der Waals surface area contributed by atoms with Gasteiger partial charge in [0.15, 0.2) is 0 Å². The van der Waals surface area contributed by atoms with E-state index in [0.29, 0.717) is 0 Å². The molecule has 0 aliphatic carbocycles. The van der Waals surface area contributed by atoms with Crippen LogP contribution in [-0.2, 0) is 12.8 Å². The molecule has 0 amide bonds. The maximum Gasteiger partial charge on any atom is 0.0852 e. The Morgan fingerprint density at radius 1 is 1.26 bits per heavy atom. The second-order valence-electron chi connectivity index (χ2n) is 4.16. The van der Waals surface area contributed by atoms with E-state index >= 15 is 0 Å². The predicted molar refractivity (Wildman–Crippen MR) is 84.7 cm³/mol. The van der Waals surface area contributed by atoms with Crippen LogP contribution >= 0.6 is 11.3 Å². The van der Waals surface area contributed by atoms with Gasteiger partial charge in [0.1, 0.15) is 0 Å². The molecule has 3 heteroatoms. The summed E-state index contributed by atoms with van der Waals surface area (Å²) in [5.74, 6) is 0. The van der Waals surface area contributed by atoms with Gasteiger partial charge in [-0.3, -0.25) is 0 Å². The van der Waals surface area contributed by atoms with Crippen LogP contribution in [0.25, 0.3) is 11.1 Å². The lowest BCUT2D eigenvalue weighted by molar-refractivity contribution is 1.19. The normalized spacial score (nSPS) is 11.6. The van der Waals surface area contributed by atoms with Gasteiger partial charge >= 0.3 is 0 Å². The molecule has 0 bridgehead atoms. The number of benzene rings is 1. The first kappa shape index (κ1) is 13.6. The van der Waals surface area contributed by atoms with E-state index in [0.717, 1.165) is 12.8 Å². The minimum Gasteiger partial charge on any atom is -0.390 e. The van der Waals surface area contributed by atoms with E-state index in [1.807, 2.05) is 23.5 Å². The van der Waals surface area contributed by atoms with Crippen molar-refractivity contribution in [2.24, 2.45) is 10.7 Å². The third kappa shape index (κ3) is 3.55. The first-order chi connectivity index (χ1) is 9.35. The summed E-state index contributed by atoms with van der Waals surface area (Å²) in [6.07, 6.45) is 7.07. The summed E-state index contributed by atoms with van der Waals surface area (Å²) in [4.78, 5) is 6.70. The number of nitrogens with two attached hydrogens (primary N) is 1. The summed E-state index contributed by atoms with van der Waals surface area (Å²) < 4.78 is 0. The molecule has 0 atom stereocenters. The molecule has 1 aromatic heterocycles. The van der Waals surface area contributed by atoms with Crippen LogP contribution in [0.1, 0.15) is 16.7 Å². The van der Waals surface area contributed by atoms with Crippen LogP contribution < -0.4 is 5.73 Å². The molecule has 98 valence electrons. The van der Waals surface area contributed by atoms with E-state index in [9.17, 15) is 0 Å². The Balaban J connectivity index is 2.29. The SMILES string of the molecule is CCc1cc(-c2ccccc2)c(C/C=C\N=CN)s1. The van der Waals surface area contributed by atoms with E-state index in [2.05, 4.69) is 42.2 Å². The van der Waals surface area contributed by atoms with Gasteiger partial charge in [-0.25, -0.2) is 4.99 Å². The van der Waals surface area contributed by atoms with Crippen molar-refractivity contribution in [1.29, 1.82) is 0 Å². The topological polar surface area (TPSA) is 38.4 Å². The van der Waals surface area contributed by atoms with Crippen molar-refractivity contribution in [1.82, 2.24) is 0 Å². The molecule has 2 nitrogen and oxygen atoms in total. The molecule has 0 spiro atoms. The number of nitrogens with zero attached hydrogens (tertiary/aromatic N) is 1. The highest BCUT2D eigenvalue weighted by molar-refractivity contribution is 7.12. The minimum absolute atomic E-state index is 0.895. The smallest absolute Gasteiger partial charge is 0.0852 e. The number of thiophene rings is 1. The van der Waals surface area contributed by atoms with E-state index in [1.165, 1.54) is 27.2 Å². The van der Waals surface area contributed by atoms with E-state index in [-0.39, 0.29) is 0 Å². The van der Waals surface area contributed by atoms with E-state index in [1.54, 1.807) is 6.20 Å². The zero-order chi connectivity index (χ0) is 13.5. The molecule has 2 N–H and O–H groups in total. The Morgan fingerprint density at radius 2 is 2.05 bits per heavy atom. The van der Waals surface area contributed by atoms with Gasteiger partial charge in [0.25, 0.3) is 0 Å². The highest BCUT2D eigenvalue weighted by Gasteiger charge is 2.08. The molecule has 0 saturated carbocycles. The van der Waals surface area contributed by atoms with Crippen molar-refractivity contribution in [2.45, 2.75) is 19.8 Å².